The van der Waals surface area contributed by atoms with Crippen molar-refractivity contribution < 1.29 is 63.1 Å². The van der Waals surface area contributed by atoms with Gasteiger partial charge in [0, 0.05) is 12.8 Å². The predicted octanol–water partition coefficient (Wildman–Crippen LogP) is 9.84. The Morgan fingerprint density at radius 1 is 0.492 bits per heavy atom. The van der Waals surface area contributed by atoms with Crippen LogP contribution in [0.5, 0.6) is 0 Å². The molecule has 61 heavy (non-hydrogen) atoms. The van der Waals surface area contributed by atoms with Crippen molar-refractivity contribution in [2.24, 2.45) is 0 Å². The maximum absolute atomic E-state index is 12.8. The van der Waals surface area contributed by atoms with Crippen LogP contribution in [0.4, 0.5) is 0 Å². The molecular formula is C47H89O13P. The molecule has 8 atom stereocenters. The molecule has 1 aliphatic carbocycles. The van der Waals surface area contributed by atoms with Gasteiger partial charge >= 0.3 is 19.8 Å². The largest absolute Gasteiger partial charge is 0.472 e. The number of allylic oxidation sites excluding steroid dienone is 2. The minimum atomic E-state index is -5.11. The zero-order valence-corrected chi connectivity index (χ0v) is 39.1. The summed E-state index contributed by atoms with van der Waals surface area (Å²) >= 11 is 0. The van der Waals surface area contributed by atoms with E-state index in [1.165, 1.54) is 135 Å². The van der Waals surface area contributed by atoms with Crippen molar-refractivity contribution in [3.8, 4) is 0 Å². The van der Waals surface area contributed by atoms with Crippen molar-refractivity contribution in [1.82, 2.24) is 0 Å². The van der Waals surface area contributed by atoms with Crippen LogP contribution in [0.3, 0.4) is 0 Å². The van der Waals surface area contributed by atoms with Gasteiger partial charge in [-0.05, 0) is 38.5 Å². The van der Waals surface area contributed by atoms with Gasteiger partial charge in [-0.1, -0.05) is 180 Å². The van der Waals surface area contributed by atoms with E-state index >= 15 is 0 Å². The highest BCUT2D eigenvalue weighted by Crippen LogP contribution is 2.47. The molecule has 1 rings (SSSR count). The standard InChI is InChI=1S/C47H89O13P/c1-3-5-7-9-11-13-15-16-17-18-19-20-21-22-23-24-26-28-30-32-34-36-41(49)59-39(37-57-40(48)35-33-31-29-27-25-14-12-10-8-6-4-2)38-58-61(55,56)60-47-45(53)43(51)42(50)44(52)46(47)54/h16-17,39,42-47,50-54H,3-15,18-38H2,1-2H3,(H,55,56)/b17-16+/t39-,42?,43-,44?,45?,46?,47?/m1/s1. The van der Waals surface area contributed by atoms with Gasteiger partial charge in [0.15, 0.2) is 6.10 Å². The van der Waals surface area contributed by atoms with Crippen molar-refractivity contribution in [1.29, 1.82) is 0 Å². The minimum Gasteiger partial charge on any atom is -0.462 e. The Morgan fingerprint density at radius 2 is 0.836 bits per heavy atom. The number of aliphatic hydroxyl groups excluding tert-OH is 5. The zero-order valence-electron chi connectivity index (χ0n) is 38.2. The van der Waals surface area contributed by atoms with Crippen LogP contribution >= 0.6 is 7.82 Å². The molecule has 0 amide bonds. The van der Waals surface area contributed by atoms with Gasteiger partial charge in [-0.3, -0.25) is 18.6 Å². The third-order valence-corrected chi connectivity index (χ3v) is 12.6. The number of hydrogen-bond acceptors (Lipinski definition) is 12. The van der Waals surface area contributed by atoms with E-state index in [2.05, 4.69) is 26.0 Å². The summed E-state index contributed by atoms with van der Waals surface area (Å²) < 4.78 is 33.5. The molecule has 0 aliphatic heterocycles. The normalized spacial score (nSPS) is 22.0. The van der Waals surface area contributed by atoms with Crippen LogP contribution in [-0.4, -0.2) is 98.3 Å². The van der Waals surface area contributed by atoms with Gasteiger partial charge in [0.1, 0.15) is 43.2 Å². The van der Waals surface area contributed by atoms with Crippen molar-refractivity contribution >= 4 is 19.8 Å². The number of rotatable bonds is 41. The topological polar surface area (TPSA) is 210 Å². The lowest BCUT2D eigenvalue weighted by Gasteiger charge is -2.41. The number of esters is 2. The Kier molecular flexibility index (Phi) is 35.8. The summed E-state index contributed by atoms with van der Waals surface area (Å²) in [6.45, 7) is 3.30. The van der Waals surface area contributed by atoms with E-state index in [1.807, 2.05) is 0 Å². The maximum atomic E-state index is 12.8. The van der Waals surface area contributed by atoms with E-state index in [1.54, 1.807) is 0 Å². The molecule has 0 aromatic rings. The van der Waals surface area contributed by atoms with Gasteiger partial charge in [0.05, 0.1) is 6.61 Å². The van der Waals surface area contributed by atoms with Gasteiger partial charge in [-0.15, -0.1) is 0 Å². The molecular weight excluding hydrogens is 803 g/mol. The highest BCUT2D eigenvalue weighted by Gasteiger charge is 2.51. The molecule has 14 heteroatoms. The van der Waals surface area contributed by atoms with Crippen molar-refractivity contribution in [3.05, 3.63) is 12.2 Å². The fourth-order valence-electron chi connectivity index (χ4n) is 7.64. The minimum absolute atomic E-state index is 0.100. The first-order chi connectivity index (χ1) is 29.4. The maximum Gasteiger partial charge on any atom is 0.472 e. The number of unbranched alkanes of at least 4 members (excludes halogenated alkanes) is 27. The number of carbonyl (C=O) groups excluding carboxylic acids is 2. The van der Waals surface area contributed by atoms with Crippen LogP contribution in [0.1, 0.15) is 219 Å². The number of aliphatic hydroxyl groups is 5. The number of hydrogen-bond donors (Lipinski definition) is 6. The molecule has 360 valence electrons. The summed E-state index contributed by atoms with van der Waals surface area (Å²) in [5, 5.41) is 50.1. The number of phosphoric acid groups is 1. The molecule has 13 nitrogen and oxygen atoms in total. The quantitative estimate of drug-likeness (QED) is 0.0146. The lowest BCUT2D eigenvalue weighted by molar-refractivity contribution is -0.220. The van der Waals surface area contributed by atoms with Gasteiger partial charge < -0.3 is 39.9 Å². The Labute approximate surface area is 369 Å². The molecule has 0 saturated heterocycles. The van der Waals surface area contributed by atoms with Crippen molar-refractivity contribution in [3.63, 3.8) is 0 Å². The van der Waals surface area contributed by atoms with E-state index in [0.717, 1.165) is 44.9 Å². The van der Waals surface area contributed by atoms with Crippen LogP contribution in [0.15, 0.2) is 12.2 Å². The van der Waals surface area contributed by atoms with Gasteiger partial charge in [-0.25, -0.2) is 4.57 Å². The average molecular weight is 893 g/mol. The summed E-state index contributed by atoms with van der Waals surface area (Å²) in [5.41, 5.74) is 0. The molecule has 1 fully saturated rings. The molecule has 0 heterocycles. The van der Waals surface area contributed by atoms with Crippen LogP contribution in [0, 0.1) is 0 Å². The van der Waals surface area contributed by atoms with Crippen molar-refractivity contribution in [2.45, 2.75) is 262 Å². The van der Waals surface area contributed by atoms with E-state index in [9.17, 15) is 44.6 Å². The first kappa shape index (κ1) is 57.6. The molecule has 1 saturated carbocycles. The summed E-state index contributed by atoms with van der Waals surface area (Å²) in [6, 6.07) is 0. The molecule has 1 aliphatic rings. The van der Waals surface area contributed by atoms with E-state index in [-0.39, 0.29) is 12.8 Å². The van der Waals surface area contributed by atoms with Gasteiger partial charge in [-0.2, -0.15) is 0 Å². The third-order valence-electron chi connectivity index (χ3n) is 11.6. The molecule has 0 bridgehead atoms. The summed E-state index contributed by atoms with van der Waals surface area (Å²) in [7, 11) is -5.11. The van der Waals surface area contributed by atoms with Crippen molar-refractivity contribution in [2.75, 3.05) is 13.2 Å². The van der Waals surface area contributed by atoms with Crippen LogP contribution < -0.4 is 0 Å². The van der Waals surface area contributed by atoms with E-state index < -0.39 is 75.7 Å². The molecule has 6 unspecified atom stereocenters. The highest BCUT2D eigenvalue weighted by atomic mass is 31.2. The Bertz CT molecular complexity index is 1120. The van der Waals surface area contributed by atoms with E-state index in [0.29, 0.717) is 12.8 Å². The van der Waals surface area contributed by atoms with E-state index in [4.69, 9.17) is 18.5 Å². The first-order valence-electron chi connectivity index (χ1n) is 24.5. The van der Waals surface area contributed by atoms with Gasteiger partial charge in [0.2, 0.25) is 0 Å². The number of ether oxygens (including phenoxy) is 2. The fourth-order valence-corrected chi connectivity index (χ4v) is 8.61. The zero-order chi connectivity index (χ0) is 45.0. The van der Waals surface area contributed by atoms with Gasteiger partial charge in [0.25, 0.3) is 0 Å². The SMILES string of the molecule is CCCCCCCC/C=C/CCCCCCCCCCCCCC(=O)O[C@H](COC(=O)CCCCCCCCCCCCC)COP(=O)(O)OC1C(O)C(O)C(O)[C@@H](O)C1O. The van der Waals surface area contributed by atoms with Crippen LogP contribution in [0.25, 0.3) is 0 Å². The smallest absolute Gasteiger partial charge is 0.462 e. The Morgan fingerprint density at radius 3 is 1.25 bits per heavy atom. The molecule has 0 radical (unpaired) electrons. The lowest BCUT2D eigenvalue weighted by Crippen LogP contribution is -2.64. The number of carbonyl (C=O) groups is 2. The average Bonchev–Trinajstić information content (AvgIpc) is 3.24. The van der Waals surface area contributed by atoms with Crippen LogP contribution in [0.2, 0.25) is 0 Å². The molecule has 0 aromatic carbocycles. The lowest BCUT2D eigenvalue weighted by atomic mass is 9.85. The molecule has 0 spiro atoms. The second kappa shape index (κ2) is 37.9. The molecule has 0 aromatic heterocycles. The summed E-state index contributed by atoms with van der Waals surface area (Å²) in [4.78, 5) is 35.7. The third kappa shape index (κ3) is 30.4. The highest BCUT2D eigenvalue weighted by molar-refractivity contribution is 7.47. The summed E-state index contributed by atoms with van der Waals surface area (Å²) in [6.07, 6.45) is 27.0. The number of phosphoric ester groups is 1. The first-order valence-corrected chi connectivity index (χ1v) is 26.0. The monoisotopic (exact) mass is 893 g/mol. The molecule has 6 N–H and O–H groups in total. The fraction of sp³-hybridized carbons (Fsp3) is 0.915. The Hall–Kier alpha value is -1.41. The second-order valence-electron chi connectivity index (χ2n) is 17.3. The second-order valence-corrected chi connectivity index (χ2v) is 18.7. The predicted molar refractivity (Wildman–Crippen MR) is 240 cm³/mol. The summed E-state index contributed by atoms with van der Waals surface area (Å²) in [5.74, 6) is -1.09. The van der Waals surface area contributed by atoms with Crippen LogP contribution in [-0.2, 0) is 32.7 Å². The Balaban J connectivity index is 2.38.